The SMILES string of the molecule is CCC[NH2+][C@H](C)c1nc2ccccc2c(=O)n1CC. The molecule has 2 N–H and O–H groups in total. The highest BCUT2D eigenvalue weighted by molar-refractivity contribution is 5.77. The van der Waals surface area contributed by atoms with Gasteiger partial charge < -0.3 is 5.32 Å². The molecule has 0 aliphatic heterocycles. The van der Waals surface area contributed by atoms with E-state index >= 15 is 0 Å². The number of quaternary nitrogens is 1. The van der Waals surface area contributed by atoms with Crippen LogP contribution in [0.3, 0.4) is 0 Å². The Labute approximate surface area is 113 Å². The minimum atomic E-state index is 0.0693. The van der Waals surface area contributed by atoms with E-state index in [9.17, 15) is 4.79 Å². The van der Waals surface area contributed by atoms with Gasteiger partial charge in [0.05, 0.1) is 17.4 Å². The van der Waals surface area contributed by atoms with E-state index in [4.69, 9.17) is 4.98 Å². The van der Waals surface area contributed by atoms with Gasteiger partial charge in [0.25, 0.3) is 5.56 Å². The molecule has 1 aromatic heterocycles. The molecular weight excluding hydrogens is 238 g/mol. The van der Waals surface area contributed by atoms with E-state index in [1.54, 1.807) is 4.57 Å². The molecule has 4 nitrogen and oxygen atoms in total. The Morgan fingerprint density at radius 2 is 2.05 bits per heavy atom. The fourth-order valence-corrected chi connectivity index (χ4v) is 2.36. The molecule has 0 amide bonds. The molecule has 0 radical (unpaired) electrons. The highest BCUT2D eigenvalue weighted by atomic mass is 16.1. The summed E-state index contributed by atoms with van der Waals surface area (Å²) in [5.74, 6) is 0.875. The van der Waals surface area contributed by atoms with Crippen molar-refractivity contribution in [1.29, 1.82) is 0 Å². The number of hydrogen-bond donors (Lipinski definition) is 1. The van der Waals surface area contributed by atoms with E-state index < -0.39 is 0 Å². The van der Waals surface area contributed by atoms with Crippen LogP contribution in [-0.2, 0) is 6.54 Å². The highest BCUT2D eigenvalue weighted by Crippen LogP contribution is 2.11. The molecule has 2 rings (SSSR count). The van der Waals surface area contributed by atoms with Crippen molar-refractivity contribution in [2.45, 2.75) is 39.8 Å². The lowest BCUT2D eigenvalue weighted by atomic mass is 10.2. The normalized spacial score (nSPS) is 12.8. The van der Waals surface area contributed by atoms with E-state index in [-0.39, 0.29) is 11.6 Å². The molecule has 0 saturated carbocycles. The van der Waals surface area contributed by atoms with Crippen molar-refractivity contribution < 1.29 is 5.32 Å². The van der Waals surface area contributed by atoms with Crippen LogP contribution in [0.4, 0.5) is 0 Å². The first kappa shape index (κ1) is 13.7. The summed E-state index contributed by atoms with van der Waals surface area (Å²) in [6.07, 6.45) is 1.12. The van der Waals surface area contributed by atoms with E-state index in [0.29, 0.717) is 11.9 Å². The van der Waals surface area contributed by atoms with Crippen molar-refractivity contribution in [2.75, 3.05) is 6.54 Å². The summed E-state index contributed by atoms with van der Waals surface area (Å²) in [6, 6.07) is 7.78. The molecule has 2 aromatic rings. The van der Waals surface area contributed by atoms with Gasteiger partial charge in [0.15, 0.2) is 5.82 Å². The second kappa shape index (κ2) is 5.97. The lowest BCUT2D eigenvalue weighted by Gasteiger charge is -2.16. The zero-order valence-corrected chi connectivity index (χ0v) is 11.9. The van der Waals surface area contributed by atoms with Gasteiger partial charge in [0, 0.05) is 6.54 Å². The van der Waals surface area contributed by atoms with Crippen molar-refractivity contribution in [2.24, 2.45) is 0 Å². The zero-order chi connectivity index (χ0) is 13.8. The van der Waals surface area contributed by atoms with Crippen LogP contribution in [0.15, 0.2) is 29.1 Å². The first-order chi connectivity index (χ1) is 9.19. The number of aromatic nitrogens is 2. The van der Waals surface area contributed by atoms with E-state index in [2.05, 4.69) is 19.2 Å². The third-order valence-electron chi connectivity index (χ3n) is 3.42. The minimum absolute atomic E-state index is 0.0693. The van der Waals surface area contributed by atoms with Gasteiger partial charge in [-0.2, -0.15) is 0 Å². The molecule has 0 saturated heterocycles. The molecule has 1 atom stereocenters. The Bertz CT molecular complexity index is 618. The van der Waals surface area contributed by atoms with E-state index in [1.165, 1.54) is 0 Å². The minimum Gasteiger partial charge on any atom is -0.338 e. The van der Waals surface area contributed by atoms with E-state index in [0.717, 1.165) is 24.3 Å². The third-order valence-corrected chi connectivity index (χ3v) is 3.42. The van der Waals surface area contributed by atoms with Gasteiger partial charge in [-0.25, -0.2) is 4.98 Å². The molecule has 1 aromatic carbocycles. The molecule has 0 unspecified atom stereocenters. The van der Waals surface area contributed by atoms with Gasteiger partial charge in [-0.1, -0.05) is 19.1 Å². The predicted molar refractivity (Wildman–Crippen MR) is 77.2 cm³/mol. The summed E-state index contributed by atoms with van der Waals surface area (Å²) in [6.45, 7) is 7.97. The van der Waals surface area contributed by atoms with Crippen molar-refractivity contribution >= 4 is 10.9 Å². The van der Waals surface area contributed by atoms with Crippen LogP contribution >= 0.6 is 0 Å². The summed E-state index contributed by atoms with van der Waals surface area (Å²) >= 11 is 0. The molecule has 0 aliphatic carbocycles. The number of fused-ring (bicyclic) bond motifs is 1. The number of para-hydroxylation sites is 1. The van der Waals surface area contributed by atoms with Gasteiger partial charge in [-0.3, -0.25) is 9.36 Å². The summed E-state index contributed by atoms with van der Waals surface area (Å²) in [5.41, 5.74) is 0.865. The smallest absolute Gasteiger partial charge is 0.261 e. The molecule has 0 fully saturated rings. The number of rotatable bonds is 5. The summed E-state index contributed by atoms with van der Waals surface area (Å²) in [7, 11) is 0. The van der Waals surface area contributed by atoms with Crippen molar-refractivity contribution in [3.8, 4) is 0 Å². The third kappa shape index (κ3) is 2.68. The Kier molecular flexibility index (Phi) is 4.32. The number of nitrogens with zero attached hydrogens (tertiary/aromatic N) is 2. The molecular formula is C15H22N3O+. The number of hydrogen-bond acceptors (Lipinski definition) is 2. The standard InChI is InChI=1S/C15H21N3O/c1-4-10-16-11(3)14-17-13-9-7-6-8-12(13)15(19)18(14)5-2/h6-9,11,16H,4-5,10H2,1-3H3/p+1/t11-/m1/s1. The largest absolute Gasteiger partial charge is 0.338 e. The Morgan fingerprint density at radius 3 is 2.74 bits per heavy atom. The van der Waals surface area contributed by atoms with E-state index in [1.807, 2.05) is 31.2 Å². The monoisotopic (exact) mass is 260 g/mol. The fourth-order valence-electron chi connectivity index (χ4n) is 2.36. The van der Waals surface area contributed by atoms with Gasteiger partial charge in [-0.15, -0.1) is 0 Å². The predicted octanol–water partition coefficient (Wildman–Crippen LogP) is 1.45. The van der Waals surface area contributed by atoms with Crippen LogP contribution < -0.4 is 10.9 Å². The maximum Gasteiger partial charge on any atom is 0.261 e. The maximum absolute atomic E-state index is 12.5. The first-order valence-corrected chi connectivity index (χ1v) is 7.01. The molecule has 4 heteroatoms. The van der Waals surface area contributed by atoms with Crippen LogP contribution in [0.2, 0.25) is 0 Å². The second-order valence-electron chi connectivity index (χ2n) is 4.85. The maximum atomic E-state index is 12.5. The number of nitrogens with two attached hydrogens (primary N) is 1. The van der Waals surface area contributed by atoms with Gasteiger partial charge >= 0.3 is 0 Å². The average molecular weight is 260 g/mol. The Hall–Kier alpha value is -1.68. The fraction of sp³-hybridized carbons (Fsp3) is 0.467. The molecule has 19 heavy (non-hydrogen) atoms. The van der Waals surface area contributed by atoms with Gasteiger partial charge in [0.2, 0.25) is 0 Å². The van der Waals surface area contributed by atoms with Crippen LogP contribution in [0.1, 0.15) is 39.1 Å². The Balaban J connectivity index is 2.56. The quantitative estimate of drug-likeness (QED) is 0.884. The average Bonchev–Trinajstić information content (AvgIpc) is 2.44. The lowest BCUT2D eigenvalue weighted by molar-refractivity contribution is -0.694. The first-order valence-electron chi connectivity index (χ1n) is 7.01. The van der Waals surface area contributed by atoms with Gasteiger partial charge in [-0.05, 0) is 32.4 Å². The molecule has 0 aliphatic rings. The molecule has 1 heterocycles. The van der Waals surface area contributed by atoms with Crippen molar-refractivity contribution in [1.82, 2.24) is 9.55 Å². The lowest BCUT2D eigenvalue weighted by Crippen LogP contribution is -2.85. The van der Waals surface area contributed by atoms with Crippen LogP contribution in [0.25, 0.3) is 10.9 Å². The molecule has 102 valence electrons. The van der Waals surface area contributed by atoms with Crippen molar-refractivity contribution in [3.63, 3.8) is 0 Å². The van der Waals surface area contributed by atoms with Crippen LogP contribution in [0.5, 0.6) is 0 Å². The summed E-state index contributed by atoms with van der Waals surface area (Å²) < 4.78 is 1.79. The number of benzene rings is 1. The second-order valence-corrected chi connectivity index (χ2v) is 4.85. The summed E-state index contributed by atoms with van der Waals surface area (Å²) in [5, 5.41) is 2.94. The highest BCUT2D eigenvalue weighted by Gasteiger charge is 2.17. The molecule has 0 spiro atoms. The zero-order valence-electron chi connectivity index (χ0n) is 11.9. The van der Waals surface area contributed by atoms with Crippen LogP contribution in [-0.4, -0.2) is 16.1 Å². The molecule has 0 bridgehead atoms. The van der Waals surface area contributed by atoms with Crippen LogP contribution in [0, 0.1) is 0 Å². The topological polar surface area (TPSA) is 51.5 Å². The Morgan fingerprint density at radius 1 is 1.32 bits per heavy atom. The van der Waals surface area contributed by atoms with Gasteiger partial charge in [0.1, 0.15) is 6.04 Å². The summed E-state index contributed by atoms with van der Waals surface area (Å²) in [4.78, 5) is 17.2. The van der Waals surface area contributed by atoms with Crippen molar-refractivity contribution in [3.05, 3.63) is 40.4 Å².